The summed E-state index contributed by atoms with van der Waals surface area (Å²) in [5, 5.41) is 12.0. The molecule has 1 aliphatic rings. The summed E-state index contributed by atoms with van der Waals surface area (Å²) in [5.41, 5.74) is 6.08. The summed E-state index contributed by atoms with van der Waals surface area (Å²) in [5.74, 6) is 5.97. The first-order valence-electron chi connectivity index (χ1n) is 9.75. The Hall–Kier alpha value is -3.68. The molecule has 146 valence electrons. The number of para-hydroxylation sites is 1. The molecule has 4 heterocycles. The average molecular weight is 386 g/mol. The second-order valence-electron chi connectivity index (χ2n) is 7.30. The molecule has 0 amide bonds. The van der Waals surface area contributed by atoms with E-state index in [9.17, 15) is 0 Å². The first-order valence-corrected chi connectivity index (χ1v) is 9.75. The standard InChI is InChI=1S/C21H22N8/c1-13(11-24-22)16-10-14-17(12-23-16)27-28-19(14)21-25-15-6-5-7-18(20(15)26-21)29-8-3-2-4-9-29/h5-7,10-12H,1-4,8-9,22H2,(H,25,26)(H,27,28)/b24-11-. The van der Waals surface area contributed by atoms with Crippen LogP contribution in [-0.2, 0) is 0 Å². The first kappa shape index (κ1) is 17.4. The molecule has 0 saturated carbocycles. The van der Waals surface area contributed by atoms with Crippen molar-refractivity contribution < 1.29 is 0 Å². The number of benzene rings is 1. The van der Waals surface area contributed by atoms with E-state index in [0.29, 0.717) is 11.3 Å². The van der Waals surface area contributed by atoms with Crippen molar-refractivity contribution in [1.82, 2.24) is 25.1 Å². The topological polar surface area (TPSA) is 112 Å². The Morgan fingerprint density at radius 2 is 2.07 bits per heavy atom. The van der Waals surface area contributed by atoms with E-state index in [1.54, 1.807) is 6.20 Å². The van der Waals surface area contributed by atoms with Crippen molar-refractivity contribution in [3.63, 3.8) is 0 Å². The number of pyridine rings is 1. The maximum Gasteiger partial charge on any atom is 0.159 e. The molecular weight excluding hydrogens is 364 g/mol. The summed E-state index contributed by atoms with van der Waals surface area (Å²) in [6.07, 6.45) is 6.97. The van der Waals surface area contributed by atoms with Gasteiger partial charge in [0, 0.05) is 24.0 Å². The zero-order valence-electron chi connectivity index (χ0n) is 16.0. The second kappa shape index (κ2) is 7.05. The smallest absolute Gasteiger partial charge is 0.159 e. The zero-order chi connectivity index (χ0) is 19.8. The fraction of sp³-hybridized carbons (Fsp3) is 0.238. The molecule has 0 spiro atoms. The van der Waals surface area contributed by atoms with Crippen LogP contribution in [0.3, 0.4) is 0 Å². The van der Waals surface area contributed by atoms with Gasteiger partial charge in [0.1, 0.15) is 11.2 Å². The number of nitrogens with one attached hydrogen (secondary N) is 2. The fourth-order valence-corrected chi connectivity index (χ4v) is 3.95. The molecular formula is C21H22N8. The SMILES string of the molecule is C=C(/C=N\N)c1cc2c(-c3nc4c(N5CCCCC5)cccc4[nH]3)n[nH]c2cn1. The highest BCUT2D eigenvalue weighted by Gasteiger charge is 2.18. The van der Waals surface area contributed by atoms with Gasteiger partial charge < -0.3 is 15.7 Å². The number of allylic oxidation sites excluding steroid dienone is 1. The van der Waals surface area contributed by atoms with E-state index in [2.05, 4.69) is 54.9 Å². The number of piperidine rings is 1. The van der Waals surface area contributed by atoms with Gasteiger partial charge in [-0.25, -0.2) is 4.98 Å². The number of anilines is 1. The molecule has 4 aromatic rings. The molecule has 0 atom stereocenters. The Kier molecular flexibility index (Phi) is 4.23. The lowest BCUT2D eigenvalue weighted by molar-refractivity contribution is 0.579. The van der Waals surface area contributed by atoms with Crippen LogP contribution in [0.25, 0.3) is 39.0 Å². The number of imidazole rings is 1. The molecule has 0 radical (unpaired) electrons. The Bertz CT molecular complexity index is 1230. The molecule has 0 aliphatic carbocycles. The number of nitrogens with zero attached hydrogens (tertiary/aromatic N) is 5. The van der Waals surface area contributed by atoms with Crippen molar-refractivity contribution >= 4 is 39.4 Å². The summed E-state index contributed by atoms with van der Waals surface area (Å²) < 4.78 is 0. The van der Waals surface area contributed by atoms with Gasteiger partial charge in [0.05, 0.1) is 34.8 Å². The van der Waals surface area contributed by atoms with Crippen LogP contribution in [0.2, 0.25) is 0 Å². The Morgan fingerprint density at radius 3 is 2.90 bits per heavy atom. The van der Waals surface area contributed by atoms with Gasteiger partial charge in [-0.3, -0.25) is 10.1 Å². The number of hydrogen-bond donors (Lipinski definition) is 3. The predicted molar refractivity (Wildman–Crippen MR) is 117 cm³/mol. The van der Waals surface area contributed by atoms with Crippen LogP contribution in [0.15, 0.2) is 42.1 Å². The lowest BCUT2D eigenvalue weighted by atomic mass is 10.1. The predicted octanol–water partition coefficient (Wildman–Crippen LogP) is 3.45. The Balaban J connectivity index is 1.61. The van der Waals surface area contributed by atoms with Gasteiger partial charge in [0.2, 0.25) is 0 Å². The van der Waals surface area contributed by atoms with Crippen LogP contribution in [0, 0.1) is 0 Å². The number of fused-ring (bicyclic) bond motifs is 2. The van der Waals surface area contributed by atoms with Crippen molar-refractivity contribution in [2.75, 3.05) is 18.0 Å². The molecule has 4 N–H and O–H groups in total. The van der Waals surface area contributed by atoms with Crippen LogP contribution in [0.1, 0.15) is 25.0 Å². The van der Waals surface area contributed by atoms with Crippen molar-refractivity contribution in [1.29, 1.82) is 0 Å². The van der Waals surface area contributed by atoms with Crippen LogP contribution < -0.4 is 10.7 Å². The number of nitrogens with two attached hydrogens (primary N) is 1. The van der Waals surface area contributed by atoms with Crippen molar-refractivity contribution in [2.24, 2.45) is 10.9 Å². The number of hydrazone groups is 1. The van der Waals surface area contributed by atoms with Crippen molar-refractivity contribution in [2.45, 2.75) is 19.3 Å². The van der Waals surface area contributed by atoms with E-state index < -0.39 is 0 Å². The second-order valence-corrected chi connectivity index (χ2v) is 7.30. The van der Waals surface area contributed by atoms with E-state index >= 15 is 0 Å². The number of aromatic nitrogens is 5. The molecule has 3 aromatic heterocycles. The van der Waals surface area contributed by atoms with Crippen LogP contribution in [0.4, 0.5) is 5.69 Å². The molecule has 0 bridgehead atoms. The van der Waals surface area contributed by atoms with Gasteiger partial charge in [0.25, 0.3) is 0 Å². The lowest BCUT2D eigenvalue weighted by Gasteiger charge is -2.28. The summed E-state index contributed by atoms with van der Waals surface area (Å²) >= 11 is 0. The zero-order valence-corrected chi connectivity index (χ0v) is 16.0. The lowest BCUT2D eigenvalue weighted by Crippen LogP contribution is -2.29. The third-order valence-corrected chi connectivity index (χ3v) is 5.42. The monoisotopic (exact) mass is 386 g/mol. The number of rotatable bonds is 4. The summed E-state index contributed by atoms with van der Waals surface area (Å²) in [6, 6.07) is 8.21. The van der Waals surface area contributed by atoms with Crippen LogP contribution in [-0.4, -0.2) is 44.5 Å². The quantitative estimate of drug-likeness (QED) is 0.282. The molecule has 1 aromatic carbocycles. The fourth-order valence-electron chi connectivity index (χ4n) is 3.95. The molecule has 8 heteroatoms. The minimum absolute atomic E-state index is 0.638. The highest BCUT2D eigenvalue weighted by molar-refractivity contribution is 6.09. The average Bonchev–Trinajstić information content (AvgIpc) is 3.37. The van der Waals surface area contributed by atoms with Gasteiger partial charge >= 0.3 is 0 Å². The van der Waals surface area contributed by atoms with E-state index in [-0.39, 0.29) is 0 Å². The first-order chi connectivity index (χ1) is 14.2. The number of aromatic amines is 2. The molecule has 29 heavy (non-hydrogen) atoms. The third-order valence-electron chi connectivity index (χ3n) is 5.42. The minimum atomic E-state index is 0.638. The molecule has 8 nitrogen and oxygen atoms in total. The van der Waals surface area contributed by atoms with Gasteiger partial charge in [-0.15, -0.1) is 0 Å². The normalized spacial score (nSPS) is 15.0. The molecule has 1 aliphatic heterocycles. The highest BCUT2D eigenvalue weighted by atomic mass is 15.2. The molecule has 0 unspecified atom stereocenters. The summed E-state index contributed by atoms with van der Waals surface area (Å²) in [4.78, 5) is 15.2. The molecule has 1 fully saturated rings. The Labute approximate surface area is 167 Å². The van der Waals surface area contributed by atoms with E-state index in [4.69, 9.17) is 10.8 Å². The maximum absolute atomic E-state index is 5.24. The summed E-state index contributed by atoms with van der Waals surface area (Å²) in [6.45, 7) is 6.11. The van der Waals surface area contributed by atoms with E-state index in [1.165, 1.54) is 31.2 Å². The minimum Gasteiger partial charge on any atom is -0.370 e. The van der Waals surface area contributed by atoms with Gasteiger partial charge in [0.15, 0.2) is 5.82 Å². The van der Waals surface area contributed by atoms with Crippen LogP contribution >= 0.6 is 0 Å². The number of H-pyrrole nitrogens is 2. The maximum atomic E-state index is 5.24. The van der Waals surface area contributed by atoms with Crippen molar-refractivity contribution in [3.8, 4) is 11.5 Å². The van der Waals surface area contributed by atoms with E-state index in [1.807, 2.05) is 6.07 Å². The molecule has 1 saturated heterocycles. The molecule has 5 rings (SSSR count). The number of hydrogen-bond acceptors (Lipinski definition) is 6. The largest absolute Gasteiger partial charge is 0.370 e. The van der Waals surface area contributed by atoms with Gasteiger partial charge in [-0.2, -0.15) is 10.2 Å². The Morgan fingerprint density at radius 1 is 1.21 bits per heavy atom. The van der Waals surface area contributed by atoms with Gasteiger partial charge in [-0.1, -0.05) is 12.6 Å². The van der Waals surface area contributed by atoms with Gasteiger partial charge in [-0.05, 0) is 37.5 Å². The van der Waals surface area contributed by atoms with Crippen LogP contribution in [0.5, 0.6) is 0 Å². The third kappa shape index (κ3) is 3.02. The highest BCUT2D eigenvalue weighted by Crippen LogP contribution is 2.32. The van der Waals surface area contributed by atoms with E-state index in [0.717, 1.165) is 46.5 Å². The summed E-state index contributed by atoms with van der Waals surface area (Å²) in [7, 11) is 0. The van der Waals surface area contributed by atoms with Crippen molar-refractivity contribution in [3.05, 3.63) is 42.7 Å².